The molecule has 0 unspecified atom stereocenters. The molecule has 2 aromatic heterocycles. The van der Waals surface area contributed by atoms with Crippen LogP contribution in [0.4, 0.5) is 26.3 Å². The Bertz CT molecular complexity index is 1540. The SMILES string of the molecule is NCCCCc1c(-c2ccc3sc4ccccc4c3c2)[nH]c2cc(C(F)(F)F)cc(C(F)(F)F)c12. The fraction of sp³-hybridized carbons (Fsp3) is 0.231. The molecule has 2 nitrogen and oxygen atoms in total. The van der Waals surface area contributed by atoms with Gasteiger partial charge in [-0.3, -0.25) is 0 Å². The van der Waals surface area contributed by atoms with Crippen LogP contribution in [0.5, 0.6) is 0 Å². The van der Waals surface area contributed by atoms with Crippen molar-refractivity contribution in [1.82, 2.24) is 4.98 Å². The van der Waals surface area contributed by atoms with Crippen LogP contribution in [-0.2, 0) is 18.8 Å². The van der Waals surface area contributed by atoms with Gasteiger partial charge in [-0.15, -0.1) is 11.3 Å². The summed E-state index contributed by atoms with van der Waals surface area (Å²) in [7, 11) is 0. The van der Waals surface area contributed by atoms with Crippen molar-refractivity contribution in [3.63, 3.8) is 0 Å². The summed E-state index contributed by atoms with van der Waals surface area (Å²) in [5.74, 6) is 0. The Kier molecular flexibility index (Phi) is 5.80. The van der Waals surface area contributed by atoms with Gasteiger partial charge in [0.2, 0.25) is 0 Å². The maximum Gasteiger partial charge on any atom is 0.417 e. The number of hydrogen-bond donors (Lipinski definition) is 2. The average Bonchev–Trinajstić information content (AvgIpc) is 3.35. The van der Waals surface area contributed by atoms with E-state index in [1.54, 1.807) is 17.4 Å². The molecule has 0 aliphatic rings. The molecule has 0 bridgehead atoms. The van der Waals surface area contributed by atoms with E-state index in [4.69, 9.17) is 5.73 Å². The summed E-state index contributed by atoms with van der Waals surface area (Å²) in [6.07, 6.45) is -8.51. The van der Waals surface area contributed by atoms with Gasteiger partial charge in [0.1, 0.15) is 0 Å². The molecule has 3 N–H and O–H groups in total. The fourth-order valence-corrected chi connectivity index (χ4v) is 5.70. The second-order valence-corrected chi connectivity index (χ2v) is 9.56. The molecule has 9 heteroatoms. The van der Waals surface area contributed by atoms with Gasteiger partial charge in [-0.25, -0.2) is 0 Å². The van der Waals surface area contributed by atoms with Crippen LogP contribution in [0.15, 0.2) is 54.6 Å². The maximum atomic E-state index is 14.0. The molecular formula is C26H20F6N2S. The minimum atomic E-state index is -4.95. The van der Waals surface area contributed by atoms with Crippen LogP contribution in [0.2, 0.25) is 0 Å². The highest BCUT2D eigenvalue weighted by Gasteiger charge is 2.39. The number of halogens is 6. The van der Waals surface area contributed by atoms with Crippen LogP contribution in [0.3, 0.4) is 0 Å². The molecule has 0 aliphatic carbocycles. The summed E-state index contributed by atoms with van der Waals surface area (Å²) in [5.41, 5.74) is 4.17. The van der Waals surface area contributed by atoms with Crippen LogP contribution < -0.4 is 5.73 Å². The third kappa shape index (κ3) is 4.27. The van der Waals surface area contributed by atoms with E-state index in [1.807, 2.05) is 36.4 Å². The minimum absolute atomic E-state index is 0.180. The Balaban J connectivity index is 1.80. The number of nitrogens with two attached hydrogens (primary N) is 1. The van der Waals surface area contributed by atoms with Gasteiger partial charge in [-0.05, 0) is 67.3 Å². The Hall–Kier alpha value is -3.04. The van der Waals surface area contributed by atoms with E-state index in [1.165, 1.54) is 0 Å². The van der Waals surface area contributed by atoms with Crippen LogP contribution in [-0.4, -0.2) is 11.5 Å². The number of fused-ring (bicyclic) bond motifs is 4. The molecule has 0 saturated heterocycles. The topological polar surface area (TPSA) is 41.8 Å². The van der Waals surface area contributed by atoms with E-state index in [9.17, 15) is 26.3 Å². The lowest BCUT2D eigenvalue weighted by molar-refractivity contribution is -0.142. The van der Waals surface area contributed by atoms with Crippen LogP contribution >= 0.6 is 11.3 Å². The highest BCUT2D eigenvalue weighted by atomic mass is 32.1. The highest BCUT2D eigenvalue weighted by Crippen LogP contribution is 2.45. The van der Waals surface area contributed by atoms with Crippen molar-refractivity contribution in [1.29, 1.82) is 0 Å². The van der Waals surface area contributed by atoms with Gasteiger partial charge < -0.3 is 10.7 Å². The summed E-state index contributed by atoms with van der Waals surface area (Å²) in [6.45, 7) is 0.370. The monoisotopic (exact) mass is 506 g/mol. The van der Waals surface area contributed by atoms with Crippen molar-refractivity contribution < 1.29 is 26.3 Å². The molecule has 0 aliphatic heterocycles. The molecule has 5 aromatic rings. The average molecular weight is 507 g/mol. The van der Waals surface area contributed by atoms with Crippen molar-refractivity contribution >= 4 is 42.4 Å². The first kappa shape index (κ1) is 23.7. The first-order valence-corrected chi connectivity index (χ1v) is 11.8. The molecule has 0 saturated carbocycles. The summed E-state index contributed by atoms with van der Waals surface area (Å²) >= 11 is 1.60. The molecule has 2 heterocycles. The normalized spacial score (nSPS) is 12.9. The van der Waals surface area contributed by atoms with Gasteiger partial charge in [0.05, 0.1) is 11.1 Å². The van der Waals surface area contributed by atoms with Crippen molar-refractivity contribution in [2.45, 2.75) is 31.6 Å². The molecule has 0 amide bonds. The molecule has 0 spiro atoms. The summed E-state index contributed by atoms with van der Waals surface area (Å²) in [4.78, 5) is 2.91. The van der Waals surface area contributed by atoms with Crippen molar-refractivity contribution in [3.05, 3.63) is 71.3 Å². The highest BCUT2D eigenvalue weighted by molar-refractivity contribution is 7.25. The van der Waals surface area contributed by atoms with Crippen LogP contribution in [0.25, 0.3) is 42.3 Å². The number of aromatic nitrogens is 1. The third-order valence-electron chi connectivity index (χ3n) is 6.18. The van der Waals surface area contributed by atoms with Gasteiger partial charge in [0.15, 0.2) is 0 Å². The Morgan fingerprint density at radius 1 is 0.800 bits per heavy atom. The number of H-pyrrole nitrogens is 1. The number of alkyl halides is 6. The Labute approximate surface area is 200 Å². The molecule has 182 valence electrons. The van der Waals surface area contributed by atoms with Gasteiger partial charge in [0.25, 0.3) is 0 Å². The number of hydrogen-bond acceptors (Lipinski definition) is 2. The number of benzene rings is 3. The second-order valence-electron chi connectivity index (χ2n) is 8.48. The molecule has 0 radical (unpaired) electrons. The van der Waals surface area contributed by atoms with E-state index in [0.29, 0.717) is 36.2 Å². The summed E-state index contributed by atoms with van der Waals surface area (Å²) in [6, 6.07) is 14.4. The first-order chi connectivity index (χ1) is 16.6. The largest absolute Gasteiger partial charge is 0.417 e. The third-order valence-corrected chi connectivity index (χ3v) is 7.33. The number of thiophene rings is 1. The zero-order valence-electron chi connectivity index (χ0n) is 18.3. The second kappa shape index (κ2) is 8.57. The number of rotatable bonds is 5. The fourth-order valence-electron chi connectivity index (χ4n) is 4.61. The molecule has 0 fully saturated rings. The standard InChI is InChI=1S/C26H20F6N2S/c27-25(28,29)15-12-19(26(30,31)32)23-17(6-3-4-10-33)24(34-20(23)13-15)14-8-9-22-18(11-14)16-5-1-2-7-21(16)35-22/h1-2,5,7-9,11-13,34H,3-4,6,10,33H2. The van der Waals surface area contributed by atoms with E-state index in [-0.39, 0.29) is 23.4 Å². The smallest absolute Gasteiger partial charge is 0.354 e. The molecule has 0 atom stereocenters. The van der Waals surface area contributed by atoms with Crippen molar-refractivity contribution in [3.8, 4) is 11.3 Å². The lowest BCUT2D eigenvalue weighted by Gasteiger charge is -2.14. The van der Waals surface area contributed by atoms with Crippen LogP contribution in [0.1, 0.15) is 29.5 Å². The Morgan fingerprint density at radius 3 is 2.26 bits per heavy atom. The molecule has 3 aromatic carbocycles. The summed E-state index contributed by atoms with van der Waals surface area (Å²) in [5, 5.41) is 1.75. The predicted molar refractivity (Wildman–Crippen MR) is 129 cm³/mol. The Morgan fingerprint density at radius 2 is 1.54 bits per heavy atom. The van der Waals surface area contributed by atoms with Gasteiger partial charge in [0, 0.05) is 36.8 Å². The van der Waals surface area contributed by atoms with Gasteiger partial charge >= 0.3 is 12.4 Å². The molecule has 5 rings (SSSR count). The van der Waals surface area contributed by atoms with E-state index in [2.05, 4.69) is 4.98 Å². The number of unbranched alkanes of at least 4 members (excludes halogenated alkanes) is 1. The zero-order chi connectivity index (χ0) is 25.0. The van der Waals surface area contributed by atoms with E-state index >= 15 is 0 Å². The van der Waals surface area contributed by atoms with Gasteiger partial charge in [-0.2, -0.15) is 26.3 Å². The number of nitrogens with one attached hydrogen (secondary N) is 1. The summed E-state index contributed by atoms with van der Waals surface area (Å²) < 4.78 is 84.5. The minimum Gasteiger partial charge on any atom is -0.354 e. The van der Waals surface area contributed by atoms with E-state index < -0.39 is 23.5 Å². The lowest BCUT2D eigenvalue weighted by Crippen LogP contribution is -2.11. The van der Waals surface area contributed by atoms with E-state index in [0.717, 1.165) is 26.2 Å². The van der Waals surface area contributed by atoms with Crippen molar-refractivity contribution in [2.75, 3.05) is 6.54 Å². The predicted octanol–water partition coefficient (Wildman–Crippen LogP) is 8.52. The molecule has 35 heavy (non-hydrogen) atoms. The first-order valence-electron chi connectivity index (χ1n) is 11.0. The van der Waals surface area contributed by atoms with Crippen LogP contribution in [0, 0.1) is 0 Å². The molecular weight excluding hydrogens is 486 g/mol. The van der Waals surface area contributed by atoms with Gasteiger partial charge in [-0.1, -0.05) is 24.3 Å². The number of aromatic amines is 1. The zero-order valence-corrected chi connectivity index (χ0v) is 19.1. The number of aryl methyl sites for hydroxylation is 1. The van der Waals surface area contributed by atoms with Crippen molar-refractivity contribution in [2.24, 2.45) is 5.73 Å². The maximum absolute atomic E-state index is 14.0. The lowest BCUT2D eigenvalue weighted by atomic mass is 9.95. The quantitative estimate of drug-likeness (QED) is 0.182.